The van der Waals surface area contributed by atoms with Crippen LogP contribution in [0.3, 0.4) is 0 Å². The molecule has 0 heterocycles. The third-order valence-corrected chi connectivity index (χ3v) is 4.37. The minimum Gasteiger partial charge on any atom is -0.494 e. The van der Waals surface area contributed by atoms with Gasteiger partial charge in [-0.2, -0.15) is 0 Å². The number of nitrogens with two attached hydrogens (primary N) is 1. The molecule has 2 rings (SSSR count). The molecule has 0 aromatic heterocycles. The van der Waals surface area contributed by atoms with Crippen molar-refractivity contribution in [2.45, 2.75) is 21.3 Å². The van der Waals surface area contributed by atoms with E-state index in [2.05, 4.69) is 4.74 Å². The number of hydrogen-bond acceptors (Lipinski definition) is 4. The summed E-state index contributed by atoms with van der Waals surface area (Å²) in [6, 6.07) is 2.86. The molecule has 0 atom stereocenters. The van der Waals surface area contributed by atoms with Crippen molar-refractivity contribution in [1.29, 1.82) is 0 Å². The van der Waals surface area contributed by atoms with E-state index >= 15 is 0 Å². The number of carboxylic acids is 1. The Morgan fingerprint density at radius 3 is 1.81 bits per heavy atom. The molecule has 0 saturated heterocycles. The lowest BCUT2D eigenvalue weighted by molar-refractivity contribution is 0.0691. The fourth-order valence-electron chi connectivity index (χ4n) is 1.99. The number of carboxylic acid groups (broad SMARTS) is 1. The fourth-order valence-corrected chi connectivity index (χ4v) is 2.35. The predicted octanol–water partition coefficient (Wildman–Crippen LogP) is 5.51. The smallest absolute Gasteiger partial charge is 0.340 e. The molecule has 0 fully saturated rings. The maximum Gasteiger partial charge on any atom is 0.340 e. The molecule has 3 N–H and O–H groups in total. The second-order valence-corrected chi connectivity index (χ2v) is 5.90. The van der Waals surface area contributed by atoms with Crippen molar-refractivity contribution in [2.75, 3.05) is 20.0 Å². The van der Waals surface area contributed by atoms with Gasteiger partial charge in [-0.05, 0) is 37.1 Å². The van der Waals surface area contributed by atoms with Gasteiger partial charge in [0.1, 0.15) is 5.56 Å². The molecule has 0 bridgehead atoms. The molecule has 0 unspecified atom stereocenters. The van der Waals surface area contributed by atoms with Crippen LogP contribution in [-0.4, -0.2) is 25.3 Å². The number of aryl methyl sites for hydroxylation is 2. The van der Waals surface area contributed by atoms with E-state index in [1.807, 2.05) is 0 Å². The van der Waals surface area contributed by atoms with Gasteiger partial charge in [-0.15, -0.1) is 0 Å². The summed E-state index contributed by atoms with van der Waals surface area (Å²) in [7, 11) is 2.64. The first-order valence-corrected chi connectivity index (χ1v) is 7.86. The lowest BCUT2D eigenvalue weighted by Crippen LogP contribution is -2.05. The first kappa shape index (κ1) is 24.8. The van der Waals surface area contributed by atoms with E-state index in [0.717, 1.165) is 0 Å². The standard InChI is InChI=1S/C9H8ClFO3.C8H9ClFNO.CH4/c1-4-3-5(14-2)8(11)6(7(4)10)9(12)13;1-4-3-5(12-2)7(10)8(11)6(4)9;/h3H,1-2H3,(H,12,13);3H,11H2,1-2H3;1H4. The Balaban J connectivity index is 0.000000488. The van der Waals surface area contributed by atoms with Gasteiger partial charge in [-0.1, -0.05) is 30.6 Å². The molecule has 0 amide bonds. The number of aromatic carboxylic acids is 1. The van der Waals surface area contributed by atoms with Gasteiger partial charge in [0.2, 0.25) is 0 Å². The maximum atomic E-state index is 13.4. The highest BCUT2D eigenvalue weighted by Gasteiger charge is 2.21. The van der Waals surface area contributed by atoms with Gasteiger partial charge in [-0.3, -0.25) is 0 Å². The first-order valence-electron chi connectivity index (χ1n) is 7.10. The summed E-state index contributed by atoms with van der Waals surface area (Å²) in [5.41, 5.74) is 5.92. The van der Waals surface area contributed by atoms with Gasteiger partial charge in [-0.25, -0.2) is 13.6 Å². The van der Waals surface area contributed by atoms with Gasteiger partial charge in [0.25, 0.3) is 0 Å². The minimum absolute atomic E-state index is 0. The van der Waals surface area contributed by atoms with E-state index in [-0.39, 0.29) is 34.7 Å². The Kier molecular flexibility index (Phi) is 9.33. The summed E-state index contributed by atoms with van der Waals surface area (Å²) in [6.45, 7) is 3.32. The van der Waals surface area contributed by atoms with Crippen molar-refractivity contribution in [3.05, 3.63) is 50.5 Å². The van der Waals surface area contributed by atoms with Gasteiger partial charge < -0.3 is 20.3 Å². The van der Waals surface area contributed by atoms with Crippen molar-refractivity contribution in [3.63, 3.8) is 0 Å². The Morgan fingerprint density at radius 2 is 1.41 bits per heavy atom. The summed E-state index contributed by atoms with van der Waals surface area (Å²) in [4.78, 5) is 10.7. The molecule has 150 valence electrons. The molecule has 0 spiro atoms. The van der Waals surface area contributed by atoms with Crippen LogP contribution in [-0.2, 0) is 0 Å². The molecular formula is C18H21Cl2F2NO4. The fraction of sp³-hybridized carbons (Fsp3) is 0.278. The second kappa shape index (κ2) is 10.2. The molecule has 0 aliphatic heterocycles. The highest BCUT2D eigenvalue weighted by atomic mass is 35.5. The van der Waals surface area contributed by atoms with Crippen molar-refractivity contribution < 1.29 is 28.2 Å². The van der Waals surface area contributed by atoms with Crippen LogP contribution in [0.5, 0.6) is 11.5 Å². The van der Waals surface area contributed by atoms with Gasteiger partial charge in [0.15, 0.2) is 23.1 Å². The van der Waals surface area contributed by atoms with Crippen LogP contribution in [0.1, 0.15) is 28.9 Å². The number of methoxy groups -OCH3 is 2. The minimum atomic E-state index is -1.41. The lowest BCUT2D eigenvalue weighted by atomic mass is 10.1. The number of halogens is 4. The number of anilines is 1. The zero-order chi connectivity index (χ0) is 20.2. The van der Waals surface area contributed by atoms with Crippen LogP contribution in [0.2, 0.25) is 10.0 Å². The first-order chi connectivity index (χ1) is 12.1. The zero-order valence-electron chi connectivity index (χ0n) is 14.4. The van der Waals surface area contributed by atoms with Crippen molar-refractivity contribution in [3.8, 4) is 11.5 Å². The lowest BCUT2D eigenvalue weighted by Gasteiger charge is -2.08. The maximum absolute atomic E-state index is 13.4. The van der Waals surface area contributed by atoms with Crippen LogP contribution in [0.4, 0.5) is 14.5 Å². The molecule has 9 heteroatoms. The van der Waals surface area contributed by atoms with Crippen molar-refractivity contribution in [2.24, 2.45) is 0 Å². The normalized spacial score (nSPS) is 9.63. The summed E-state index contributed by atoms with van der Waals surface area (Å²) < 4.78 is 35.9. The number of rotatable bonds is 3. The molecule has 27 heavy (non-hydrogen) atoms. The number of benzene rings is 2. The summed E-state index contributed by atoms with van der Waals surface area (Å²) >= 11 is 11.3. The van der Waals surface area contributed by atoms with E-state index < -0.39 is 23.2 Å². The summed E-state index contributed by atoms with van der Waals surface area (Å²) in [5.74, 6) is -2.96. The van der Waals surface area contributed by atoms with Crippen molar-refractivity contribution in [1.82, 2.24) is 0 Å². The number of hydrogen-bond donors (Lipinski definition) is 2. The average Bonchev–Trinajstić information content (AvgIpc) is 2.59. The predicted molar refractivity (Wildman–Crippen MR) is 104 cm³/mol. The number of carbonyl (C=O) groups is 1. The molecule has 0 aliphatic carbocycles. The third-order valence-electron chi connectivity index (χ3n) is 3.39. The SMILES string of the molecule is C.COc1cc(C)c(Cl)c(C(=O)O)c1F.COc1cc(C)c(Cl)c(N)c1F. The van der Waals surface area contributed by atoms with Gasteiger partial charge >= 0.3 is 5.97 Å². The Bertz CT molecular complexity index is 845. The largest absolute Gasteiger partial charge is 0.494 e. The molecule has 0 saturated carbocycles. The number of ether oxygens (including phenoxy) is 2. The Hall–Kier alpha value is -2.25. The average molecular weight is 424 g/mol. The topological polar surface area (TPSA) is 81.8 Å². The Labute approximate surface area is 166 Å². The van der Waals surface area contributed by atoms with Crippen LogP contribution < -0.4 is 15.2 Å². The third kappa shape index (κ3) is 5.37. The molecule has 2 aromatic carbocycles. The zero-order valence-corrected chi connectivity index (χ0v) is 15.9. The molecule has 0 aliphatic rings. The molecular weight excluding hydrogens is 403 g/mol. The Morgan fingerprint density at radius 1 is 1.00 bits per heavy atom. The monoisotopic (exact) mass is 423 g/mol. The van der Waals surface area contributed by atoms with E-state index in [4.69, 9.17) is 38.8 Å². The number of nitrogen functional groups attached to an aromatic ring is 1. The van der Waals surface area contributed by atoms with Crippen LogP contribution in [0.15, 0.2) is 12.1 Å². The van der Waals surface area contributed by atoms with Crippen LogP contribution in [0, 0.1) is 25.5 Å². The van der Waals surface area contributed by atoms with E-state index in [0.29, 0.717) is 11.1 Å². The van der Waals surface area contributed by atoms with Crippen LogP contribution in [0.25, 0.3) is 0 Å². The van der Waals surface area contributed by atoms with E-state index in [9.17, 15) is 13.6 Å². The van der Waals surface area contributed by atoms with Gasteiger partial charge in [0, 0.05) is 0 Å². The van der Waals surface area contributed by atoms with Crippen LogP contribution >= 0.6 is 23.2 Å². The molecule has 2 aromatic rings. The molecule has 5 nitrogen and oxygen atoms in total. The second-order valence-electron chi connectivity index (χ2n) is 5.14. The van der Waals surface area contributed by atoms with E-state index in [1.54, 1.807) is 13.8 Å². The summed E-state index contributed by atoms with van der Waals surface area (Å²) in [6.07, 6.45) is 0. The highest BCUT2D eigenvalue weighted by Crippen LogP contribution is 2.32. The highest BCUT2D eigenvalue weighted by molar-refractivity contribution is 6.34. The van der Waals surface area contributed by atoms with Crippen molar-refractivity contribution >= 4 is 34.9 Å². The summed E-state index contributed by atoms with van der Waals surface area (Å²) in [5, 5.41) is 8.85. The van der Waals surface area contributed by atoms with Gasteiger partial charge in [0.05, 0.1) is 30.0 Å². The molecule has 0 radical (unpaired) electrons. The quantitative estimate of drug-likeness (QED) is 0.636. The van der Waals surface area contributed by atoms with E-state index in [1.165, 1.54) is 26.4 Å².